The Morgan fingerprint density at radius 2 is 1.82 bits per heavy atom. The third-order valence-corrected chi connectivity index (χ3v) is 7.65. The second-order valence-electron chi connectivity index (χ2n) is 8.72. The minimum absolute atomic E-state index is 0.300. The largest absolute Gasteiger partial charge is 0.496 e. The van der Waals surface area contributed by atoms with Gasteiger partial charge in [0, 0.05) is 30.4 Å². The van der Waals surface area contributed by atoms with Gasteiger partial charge in [0.25, 0.3) is 5.91 Å². The van der Waals surface area contributed by atoms with Crippen LogP contribution in [-0.4, -0.2) is 36.9 Å². The lowest BCUT2D eigenvalue weighted by Gasteiger charge is -2.25. The number of pyridine rings is 1. The smallest absolute Gasteiger partial charge is 0.254 e. The molecule has 1 saturated carbocycles. The molecule has 2 aromatic carbocycles. The number of ether oxygens (including phenoxy) is 2. The van der Waals surface area contributed by atoms with E-state index in [-0.39, 0.29) is 11.8 Å². The van der Waals surface area contributed by atoms with Crippen LogP contribution < -0.4 is 25.4 Å². The number of thiophene rings is 1. The van der Waals surface area contributed by atoms with E-state index in [9.17, 15) is 14.4 Å². The fourth-order valence-corrected chi connectivity index (χ4v) is 5.23. The van der Waals surface area contributed by atoms with Crippen LogP contribution in [0.25, 0.3) is 10.9 Å². The number of rotatable bonds is 8. The summed E-state index contributed by atoms with van der Waals surface area (Å²) >= 11 is 7.37. The van der Waals surface area contributed by atoms with Crippen molar-refractivity contribution in [3.05, 3.63) is 70.7 Å². The molecule has 0 spiro atoms. The number of fused-ring (bicyclic) bond motifs is 1. The first-order valence-electron chi connectivity index (χ1n) is 11.6. The molecule has 0 unspecified atom stereocenters. The van der Waals surface area contributed by atoms with E-state index in [2.05, 4.69) is 10.3 Å². The number of benzene rings is 2. The van der Waals surface area contributed by atoms with E-state index in [1.807, 2.05) is 0 Å². The molecule has 3 N–H and O–H groups in total. The molecule has 0 aliphatic heterocycles. The highest BCUT2D eigenvalue weighted by atomic mass is 35.5. The number of amides is 3. The molecule has 2 aromatic heterocycles. The Bertz CT molecular complexity index is 1570. The minimum Gasteiger partial charge on any atom is -0.496 e. The molecular formula is C27H23ClN4O5S. The Morgan fingerprint density at radius 1 is 1.08 bits per heavy atom. The van der Waals surface area contributed by atoms with E-state index in [0.717, 1.165) is 0 Å². The molecule has 1 fully saturated rings. The van der Waals surface area contributed by atoms with E-state index in [1.165, 1.54) is 23.3 Å². The molecule has 0 bridgehead atoms. The van der Waals surface area contributed by atoms with Gasteiger partial charge in [0.2, 0.25) is 11.8 Å². The van der Waals surface area contributed by atoms with E-state index in [4.69, 9.17) is 26.8 Å². The number of halogens is 1. The average Bonchev–Trinajstić information content (AvgIpc) is 3.64. The molecule has 0 atom stereocenters. The van der Waals surface area contributed by atoms with Crippen molar-refractivity contribution >= 4 is 62.3 Å². The maximum atomic E-state index is 13.5. The Labute approximate surface area is 227 Å². The second kappa shape index (κ2) is 9.96. The monoisotopic (exact) mass is 550 g/mol. The van der Waals surface area contributed by atoms with Gasteiger partial charge in [0.15, 0.2) is 0 Å². The topological polar surface area (TPSA) is 124 Å². The summed E-state index contributed by atoms with van der Waals surface area (Å²) < 4.78 is 12.0. The molecule has 2 heterocycles. The number of aromatic nitrogens is 1. The van der Waals surface area contributed by atoms with Crippen molar-refractivity contribution in [1.29, 1.82) is 0 Å². The van der Waals surface area contributed by atoms with Gasteiger partial charge in [-0.1, -0.05) is 11.6 Å². The number of anilines is 2. The molecule has 0 saturated heterocycles. The Balaban J connectivity index is 1.48. The summed E-state index contributed by atoms with van der Waals surface area (Å²) in [5.74, 6) is 0.0604. The fourth-order valence-electron chi connectivity index (χ4n) is 4.18. The van der Waals surface area contributed by atoms with Crippen LogP contribution in [0.1, 0.15) is 23.2 Å². The van der Waals surface area contributed by atoms with Gasteiger partial charge < -0.3 is 20.5 Å². The average molecular weight is 551 g/mol. The first kappa shape index (κ1) is 25.5. The molecular weight excluding hydrogens is 528 g/mol. The number of nitrogens with two attached hydrogens (primary N) is 1. The number of methoxy groups -OCH3 is 1. The van der Waals surface area contributed by atoms with Crippen molar-refractivity contribution in [3.63, 3.8) is 0 Å². The summed E-state index contributed by atoms with van der Waals surface area (Å²) in [5, 5.41) is 3.81. The lowest BCUT2D eigenvalue weighted by Crippen LogP contribution is -2.41. The summed E-state index contributed by atoms with van der Waals surface area (Å²) in [6, 6.07) is 15.3. The highest BCUT2D eigenvalue weighted by molar-refractivity contribution is 7.20. The van der Waals surface area contributed by atoms with Crippen LogP contribution in [0.5, 0.6) is 17.2 Å². The van der Waals surface area contributed by atoms with Crippen molar-refractivity contribution in [2.45, 2.75) is 12.8 Å². The van der Waals surface area contributed by atoms with Crippen LogP contribution >= 0.6 is 22.9 Å². The van der Waals surface area contributed by atoms with Crippen LogP contribution in [0.4, 0.5) is 10.7 Å². The van der Waals surface area contributed by atoms with Gasteiger partial charge in [0.05, 0.1) is 22.5 Å². The van der Waals surface area contributed by atoms with Crippen LogP contribution in [-0.2, 0) is 9.59 Å². The summed E-state index contributed by atoms with van der Waals surface area (Å²) in [5.41, 5.74) is 5.86. The summed E-state index contributed by atoms with van der Waals surface area (Å²) in [7, 11) is 3.03. The van der Waals surface area contributed by atoms with Crippen molar-refractivity contribution in [1.82, 2.24) is 10.3 Å². The summed E-state index contributed by atoms with van der Waals surface area (Å²) in [4.78, 5) is 43.8. The lowest BCUT2D eigenvalue weighted by molar-refractivity contribution is -0.133. The standard InChI is InChI=1S/C27H23ClN4O5S/c1-30-24(33)18-13-17-19(14-21(18)36-2)31-12-9-20(17)37-16-5-3-15(4-6-16)32(23-8-7-22(28)38-23)26(35)27(10-11-27)25(29)34/h3-9,12-14H,10-11H2,1-2H3,(H2,29,34)(H,30,33). The molecule has 0 radical (unpaired) electrons. The molecule has 194 valence electrons. The van der Waals surface area contributed by atoms with Crippen LogP contribution in [0.15, 0.2) is 60.8 Å². The zero-order valence-corrected chi connectivity index (χ0v) is 22.1. The Morgan fingerprint density at radius 3 is 2.39 bits per heavy atom. The zero-order chi connectivity index (χ0) is 27.0. The molecule has 4 aromatic rings. The van der Waals surface area contributed by atoms with Crippen molar-refractivity contribution in [2.24, 2.45) is 11.1 Å². The van der Waals surface area contributed by atoms with Crippen molar-refractivity contribution in [3.8, 4) is 17.2 Å². The number of carbonyl (C=O) groups is 3. The van der Waals surface area contributed by atoms with E-state index < -0.39 is 11.3 Å². The van der Waals surface area contributed by atoms with Crippen LogP contribution in [0.3, 0.4) is 0 Å². The van der Waals surface area contributed by atoms with Gasteiger partial charge in [-0.25, -0.2) is 0 Å². The Kier molecular flexibility index (Phi) is 6.68. The van der Waals surface area contributed by atoms with Crippen LogP contribution in [0, 0.1) is 5.41 Å². The number of hydrogen-bond acceptors (Lipinski definition) is 7. The van der Waals surface area contributed by atoms with Gasteiger partial charge in [0.1, 0.15) is 27.7 Å². The lowest BCUT2D eigenvalue weighted by atomic mass is 10.0. The normalized spacial score (nSPS) is 13.6. The number of hydrogen-bond donors (Lipinski definition) is 2. The SMILES string of the molecule is CNC(=O)c1cc2c(Oc3ccc(N(C(=O)C4(C(N)=O)CC4)c4ccc(Cl)s4)cc3)ccnc2cc1OC. The third kappa shape index (κ3) is 4.52. The second-order valence-corrected chi connectivity index (χ2v) is 10.4. The first-order chi connectivity index (χ1) is 18.3. The maximum Gasteiger partial charge on any atom is 0.254 e. The quantitative estimate of drug-likeness (QED) is 0.296. The first-order valence-corrected chi connectivity index (χ1v) is 12.8. The van der Waals surface area contributed by atoms with Gasteiger partial charge in [-0.15, -0.1) is 11.3 Å². The van der Waals surface area contributed by atoms with Gasteiger partial charge >= 0.3 is 0 Å². The number of carbonyl (C=O) groups excluding carboxylic acids is 3. The number of nitrogens with one attached hydrogen (secondary N) is 1. The highest BCUT2D eigenvalue weighted by Crippen LogP contribution is 2.50. The number of primary amides is 1. The van der Waals surface area contributed by atoms with Gasteiger partial charge in [-0.2, -0.15) is 0 Å². The van der Waals surface area contributed by atoms with Crippen molar-refractivity contribution in [2.75, 3.05) is 19.1 Å². The highest BCUT2D eigenvalue weighted by Gasteiger charge is 2.57. The molecule has 38 heavy (non-hydrogen) atoms. The predicted molar refractivity (Wildman–Crippen MR) is 146 cm³/mol. The van der Waals surface area contributed by atoms with Gasteiger partial charge in [-0.3, -0.25) is 24.3 Å². The van der Waals surface area contributed by atoms with Gasteiger partial charge in [-0.05, 0) is 61.4 Å². The third-order valence-electron chi connectivity index (χ3n) is 6.43. The Hall–Kier alpha value is -4.15. The molecule has 3 amide bonds. The zero-order valence-electron chi connectivity index (χ0n) is 20.5. The molecule has 5 rings (SSSR count). The molecule has 1 aliphatic rings. The molecule has 11 heteroatoms. The number of nitrogens with zero attached hydrogens (tertiary/aromatic N) is 2. The van der Waals surface area contributed by atoms with E-state index in [0.29, 0.717) is 61.6 Å². The predicted octanol–water partition coefficient (Wildman–Crippen LogP) is 5.04. The van der Waals surface area contributed by atoms with Crippen molar-refractivity contribution < 1.29 is 23.9 Å². The summed E-state index contributed by atoms with van der Waals surface area (Å²) in [6.45, 7) is 0. The molecule has 1 aliphatic carbocycles. The van der Waals surface area contributed by atoms with E-state index >= 15 is 0 Å². The molecule has 9 nitrogen and oxygen atoms in total. The minimum atomic E-state index is -1.20. The summed E-state index contributed by atoms with van der Waals surface area (Å²) in [6.07, 6.45) is 2.43. The maximum absolute atomic E-state index is 13.5. The van der Waals surface area contributed by atoms with E-state index in [1.54, 1.807) is 67.8 Å². The fraction of sp³-hybridized carbons (Fsp3) is 0.185. The van der Waals surface area contributed by atoms with Crippen LogP contribution in [0.2, 0.25) is 4.34 Å².